The summed E-state index contributed by atoms with van der Waals surface area (Å²) in [4.78, 5) is 26.2. The minimum atomic E-state index is -0.598. The van der Waals surface area contributed by atoms with Gasteiger partial charge in [0.25, 0.3) is 5.91 Å². The van der Waals surface area contributed by atoms with E-state index in [4.69, 9.17) is 9.47 Å². The summed E-state index contributed by atoms with van der Waals surface area (Å²) in [6.45, 7) is 0.226. The second-order valence-corrected chi connectivity index (χ2v) is 9.83. The zero-order chi connectivity index (χ0) is 24.2. The minimum absolute atomic E-state index is 0.103. The van der Waals surface area contributed by atoms with Gasteiger partial charge in [-0.2, -0.15) is 0 Å². The normalized spacial score (nSPS) is 14.5. The van der Waals surface area contributed by atoms with Crippen LogP contribution in [0.3, 0.4) is 0 Å². The van der Waals surface area contributed by atoms with E-state index in [9.17, 15) is 14.0 Å². The van der Waals surface area contributed by atoms with Gasteiger partial charge in [-0.25, -0.2) is 9.18 Å². The van der Waals surface area contributed by atoms with E-state index >= 15 is 0 Å². The van der Waals surface area contributed by atoms with Crippen LogP contribution < -0.4 is 14.8 Å². The van der Waals surface area contributed by atoms with Crippen molar-refractivity contribution in [1.82, 2.24) is 10.2 Å². The van der Waals surface area contributed by atoms with Crippen molar-refractivity contribution in [2.75, 3.05) is 7.11 Å². The molecule has 0 aromatic heterocycles. The molecule has 1 fully saturated rings. The lowest BCUT2D eigenvalue weighted by molar-refractivity contribution is -0.123. The Bertz CT molecular complexity index is 1280. The van der Waals surface area contributed by atoms with Crippen LogP contribution in [0.25, 0.3) is 6.08 Å². The molecule has 0 spiro atoms. The van der Waals surface area contributed by atoms with Crippen LogP contribution in [0.15, 0.2) is 66.4 Å². The van der Waals surface area contributed by atoms with Gasteiger partial charge in [0.05, 0.1) is 17.2 Å². The van der Waals surface area contributed by atoms with Crippen molar-refractivity contribution in [2.24, 2.45) is 0 Å². The fourth-order valence-corrected chi connectivity index (χ4v) is 4.52. The number of ether oxygens (including phenoxy) is 2. The lowest BCUT2D eigenvalue weighted by Crippen LogP contribution is -2.30. The molecule has 3 aromatic rings. The van der Waals surface area contributed by atoms with Gasteiger partial charge in [0.15, 0.2) is 11.5 Å². The first-order valence-corrected chi connectivity index (χ1v) is 12.3. The number of halogens is 3. The van der Waals surface area contributed by atoms with Crippen LogP contribution in [0.5, 0.6) is 11.5 Å². The lowest BCUT2D eigenvalue weighted by Gasteiger charge is -2.14. The number of hydrogen-bond acceptors (Lipinski definition) is 4. The SMILES string of the molecule is COc1cc(/C=C2/NC(=O)N(Cc3ccccc3F)C2=O)cc(I)c1OCc1ccc(I)cc1. The molecular weight excluding hydrogens is 665 g/mol. The van der Waals surface area contributed by atoms with Gasteiger partial charge < -0.3 is 14.8 Å². The Morgan fingerprint density at radius 1 is 1.06 bits per heavy atom. The summed E-state index contributed by atoms with van der Waals surface area (Å²) in [5.74, 6) is 0.0953. The molecule has 1 N–H and O–H groups in total. The van der Waals surface area contributed by atoms with Crippen molar-refractivity contribution in [2.45, 2.75) is 13.2 Å². The molecule has 0 bridgehead atoms. The Balaban J connectivity index is 1.53. The number of rotatable bonds is 7. The van der Waals surface area contributed by atoms with E-state index in [1.54, 1.807) is 37.5 Å². The number of carbonyl (C=O) groups is 2. The average molecular weight is 684 g/mol. The molecule has 4 rings (SSSR count). The molecule has 0 aliphatic carbocycles. The van der Waals surface area contributed by atoms with Crippen molar-refractivity contribution >= 4 is 63.2 Å². The topological polar surface area (TPSA) is 67.9 Å². The molecule has 174 valence electrons. The summed E-state index contributed by atoms with van der Waals surface area (Å²) in [7, 11) is 1.54. The monoisotopic (exact) mass is 684 g/mol. The molecule has 0 saturated carbocycles. The molecule has 1 aliphatic heterocycles. The third-order valence-electron chi connectivity index (χ3n) is 5.11. The number of amides is 3. The van der Waals surface area contributed by atoms with E-state index in [0.29, 0.717) is 23.7 Å². The van der Waals surface area contributed by atoms with Gasteiger partial charge in [-0.15, -0.1) is 0 Å². The van der Waals surface area contributed by atoms with Crippen molar-refractivity contribution in [1.29, 1.82) is 0 Å². The van der Waals surface area contributed by atoms with Gasteiger partial charge in [-0.3, -0.25) is 9.69 Å². The molecule has 34 heavy (non-hydrogen) atoms. The van der Waals surface area contributed by atoms with Crippen molar-refractivity contribution in [3.05, 3.63) is 96.0 Å². The third-order valence-corrected chi connectivity index (χ3v) is 6.63. The summed E-state index contributed by atoms with van der Waals surface area (Å²) >= 11 is 4.39. The van der Waals surface area contributed by atoms with E-state index in [2.05, 4.69) is 50.5 Å². The quantitative estimate of drug-likeness (QED) is 0.197. The van der Waals surface area contributed by atoms with Gasteiger partial charge in [0.1, 0.15) is 18.1 Å². The van der Waals surface area contributed by atoms with E-state index in [-0.39, 0.29) is 17.8 Å². The van der Waals surface area contributed by atoms with E-state index in [0.717, 1.165) is 17.6 Å². The maximum absolute atomic E-state index is 14.0. The van der Waals surface area contributed by atoms with E-state index in [1.807, 2.05) is 30.3 Å². The smallest absolute Gasteiger partial charge is 0.329 e. The standard InChI is InChI=1S/C25H19FI2N2O4/c1-33-22-12-16(10-20(28)23(22)34-14-15-6-8-18(27)9-7-15)11-21-24(31)30(25(32)29-21)13-17-4-2-3-5-19(17)26/h2-12H,13-14H2,1H3,(H,29,32)/b21-11+. The Morgan fingerprint density at radius 2 is 1.79 bits per heavy atom. The number of benzene rings is 3. The van der Waals surface area contributed by atoms with Gasteiger partial charge >= 0.3 is 6.03 Å². The molecule has 0 radical (unpaired) electrons. The maximum Gasteiger partial charge on any atom is 0.329 e. The molecule has 0 unspecified atom stereocenters. The molecule has 6 nitrogen and oxygen atoms in total. The Hall–Kier alpha value is -2.67. The molecule has 0 atom stereocenters. The second-order valence-electron chi connectivity index (χ2n) is 7.42. The largest absolute Gasteiger partial charge is 0.493 e. The Labute approximate surface area is 223 Å². The first-order chi connectivity index (χ1) is 16.4. The van der Waals surface area contributed by atoms with Crippen LogP contribution in [-0.2, 0) is 17.9 Å². The maximum atomic E-state index is 14.0. The Kier molecular flexibility index (Phi) is 7.71. The highest BCUT2D eigenvalue weighted by Gasteiger charge is 2.34. The third kappa shape index (κ3) is 5.52. The molecule has 1 aliphatic rings. The number of carbonyl (C=O) groups excluding carboxylic acids is 2. The summed E-state index contributed by atoms with van der Waals surface area (Å²) in [5, 5.41) is 2.57. The van der Waals surface area contributed by atoms with Crippen molar-refractivity contribution < 1.29 is 23.5 Å². The number of methoxy groups -OCH3 is 1. The van der Waals surface area contributed by atoms with Crippen molar-refractivity contribution in [3.8, 4) is 11.5 Å². The van der Waals surface area contributed by atoms with Crippen LogP contribution >= 0.6 is 45.2 Å². The van der Waals surface area contributed by atoms with Crippen LogP contribution in [-0.4, -0.2) is 23.9 Å². The van der Waals surface area contributed by atoms with Crippen molar-refractivity contribution in [3.63, 3.8) is 0 Å². The highest BCUT2D eigenvalue weighted by molar-refractivity contribution is 14.1. The van der Waals surface area contributed by atoms with Gasteiger partial charge in [-0.05, 0) is 92.7 Å². The van der Waals surface area contributed by atoms with Gasteiger partial charge in [0, 0.05) is 9.13 Å². The first kappa shape index (κ1) is 24.5. The van der Waals surface area contributed by atoms with E-state index in [1.165, 1.54) is 6.07 Å². The summed E-state index contributed by atoms with van der Waals surface area (Å²) < 4.78 is 27.4. The average Bonchev–Trinajstić information content (AvgIpc) is 3.07. The zero-order valence-corrected chi connectivity index (χ0v) is 22.3. The highest BCUT2D eigenvalue weighted by atomic mass is 127. The highest BCUT2D eigenvalue weighted by Crippen LogP contribution is 2.35. The van der Waals surface area contributed by atoms with Crippen LogP contribution in [0, 0.1) is 13.0 Å². The second kappa shape index (κ2) is 10.7. The molecule has 3 aromatic carbocycles. The predicted octanol–water partition coefficient (Wildman–Crippen LogP) is 5.72. The number of nitrogens with one attached hydrogen (secondary N) is 1. The molecule has 3 amide bonds. The van der Waals surface area contributed by atoms with Crippen LogP contribution in [0.2, 0.25) is 0 Å². The van der Waals surface area contributed by atoms with Crippen LogP contribution in [0.4, 0.5) is 9.18 Å². The number of nitrogens with zero attached hydrogens (tertiary/aromatic N) is 1. The molecule has 9 heteroatoms. The van der Waals surface area contributed by atoms with Gasteiger partial charge in [-0.1, -0.05) is 30.3 Å². The number of imide groups is 1. The fourth-order valence-electron chi connectivity index (χ4n) is 3.38. The summed E-state index contributed by atoms with van der Waals surface area (Å²) in [5.41, 5.74) is 2.04. The minimum Gasteiger partial charge on any atom is -0.493 e. The molecule has 1 saturated heterocycles. The van der Waals surface area contributed by atoms with Gasteiger partial charge in [0.2, 0.25) is 0 Å². The Morgan fingerprint density at radius 3 is 2.50 bits per heavy atom. The molecular formula is C25H19FI2N2O4. The number of hydrogen-bond donors (Lipinski definition) is 1. The number of urea groups is 1. The molecule has 1 heterocycles. The van der Waals surface area contributed by atoms with E-state index < -0.39 is 17.8 Å². The zero-order valence-electron chi connectivity index (χ0n) is 18.0. The first-order valence-electron chi connectivity index (χ1n) is 10.2. The predicted molar refractivity (Wildman–Crippen MR) is 143 cm³/mol. The fraction of sp³-hybridized carbons (Fsp3) is 0.120. The summed E-state index contributed by atoms with van der Waals surface area (Å²) in [6, 6.07) is 17.0. The lowest BCUT2D eigenvalue weighted by atomic mass is 10.1. The van der Waals surface area contributed by atoms with Crippen LogP contribution in [0.1, 0.15) is 16.7 Å². The summed E-state index contributed by atoms with van der Waals surface area (Å²) in [6.07, 6.45) is 1.56.